The van der Waals surface area contributed by atoms with Crippen LogP contribution in [0.3, 0.4) is 0 Å². The number of hydrogen-bond donors (Lipinski definition) is 2. The Hall–Kier alpha value is -1.95. The van der Waals surface area contributed by atoms with E-state index in [1.54, 1.807) is 4.68 Å². The van der Waals surface area contributed by atoms with Crippen LogP contribution in [0.25, 0.3) is 0 Å². The van der Waals surface area contributed by atoms with E-state index in [0.717, 1.165) is 34.9 Å². The Kier molecular flexibility index (Phi) is 3.80. The Morgan fingerprint density at radius 3 is 2.84 bits per heavy atom. The number of nitrogens with one attached hydrogen (secondary N) is 1. The van der Waals surface area contributed by atoms with Crippen molar-refractivity contribution in [2.24, 2.45) is 12.8 Å². The molecule has 0 aromatic carbocycles. The van der Waals surface area contributed by atoms with Crippen LogP contribution >= 0.6 is 12.2 Å². The first-order valence-electron chi connectivity index (χ1n) is 6.07. The Labute approximate surface area is 117 Å². The van der Waals surface area contributed by atoms with Gasteiger partial charge in [0.15, 0.2) is 0 Å². The normalized spacial score (nSPS) is 10.5. The minimum absolute atomic E-state index is 0.371. The zero-order chi connectivity index (χ0) is 14.0. The summed E-state index contributed by atoms with van der Waals surface area (Å²) >= 11 is 5.00. The third-order valence-electron chi connectivity index (χ3n) is 2.74. The van der Waals surface area contributed by atoms with Gasteiger partial charge in [0.1, 0.15) is 10.8 Å². The minimum Gasteiger partial charge on any atom is -0.389 e. The molecule has 0 radical (unpaired) electrons. The number of thiocarbonyl (C=S) groups is 1. The Morgan fingerprint density at radius 2 is 2.21 bits per heavy atom. The van der Waals surface area contributed by atoms with Crippen molar-refractivity contribution in [1.29, 1.82) is 0 Å². The average molecular weight is 275 g/mol. The van der Waals surface area contributed by atoms with E-state index in [9.17, 15) is 0 Å². The van der Waals surface area contributed by atoms with Gasteiger partial charge in [-0.2, -0.15) is 5.10 Å². The van der Waals surface area contributed by atoms with Crippen LogP contribution in [0.2, 0.25) is 0 Å². The lowest BCUT2D eigenvalue weighted by atomic mass is 10.2. The van der Waals surface area contributed by atoms with Crippen molar-refractivity contribution < 1.29 is 0 Å². The number of aromatic nitrogens is 3. The van der Waals surface area contributed by atoms with Crippen LogP contribution in [0, 0.1) is 6.92 Å². The van der Waals surface area contributed by atoms with Gasteiger partial charge in [0, 0.05) is 24.5 Å². The van der Waals surface area contributed by atoms with E-state index < -0.39 is 0 Å². The molecule has 0 saturated carbocycles. The fraction of sp³-hybridized carbons (Fsp3) is 0.308. The molecule has 2 aromatic heterocycles. The van der Waals surface area contributed by atoms with Crippen molar-refractivity contribution in [3.63, 3.8) is 0 Å². The minimum atomic E-state index is 0.371. The van der Waals surface area contributed by atoms with Crippen LogP contribution in [0.4, 0.5) is 11.5 Å². The van der Waals surface area contributed by atoms with Gasteiger partial charge in [-0.05, 0) is 25.5 Å². The number of nitrogens with two attached hydrogens (primary N) is 1. The zero-order valence-electron chi connectivity index (χ0n) is 11.3. The maximum absolute atomic E-state index is 5.66. The second kappa shape index (κ2) is 5.36. The van der Waals surface area contributed by atoms with Gasteiger partial charge in [0.05, 0.1) is 11.4 Å². The van der Waals surface area contributed by atoms with Gasteiger partial charge in [-0.3, -0.25) is 4.68 Å². The molecule has 2 heterocycles. The summed E-state index contributed by atoms with van der Waals surface area (Å²) in [7, 11) is 1.90. The van der Waals surface area contributed by atoms with Gasteiger partial charge in [0.2, 0.25) is 0 Å². The lowest BCUT2D eigenvalue weighted by Gasteiger charge is -2.08. The largest absolute Gasteiger partial charge is 0.389 e. The van der Waals surface area contributed by atoms with Crippen LogP contribution in [0.5, 0.6) is 0 Å². The molecule has 3 N–H and O–H groups in total. The van der Waals surface area contributed by atoms with Crippen LogP contribution in [-0.4, -0.2) is 19.8 Å². The van der Waals surface area contributed by atoms with E-state index >= 15 is 0 Å². The number of aryl methyl sites for hydroxylation is 3. The predicted molar refractivity (Wildman–Crippen MR) is 80.7 cm³/mol. The molecule has 0 spiro atoms. The van der Waals surface area contributed by atoms with Crippen molar-refractivity contribution in [3.8, 4) is 0 Å². The third-order valence-corrected chi connectivity index (χ3v) is 2.98. The van der Waals surface area contributed by atoms with Crippen molar-refractivity contribution >= 4 is 28.7 Å². The average Bonchev–Trinajstić information content (AvgIpc) is 2.68. The second-order valence-corrected chi connectivity index (χ2v) is 4.83. The van der Waals surface area contributed by atoms with Crippen LogP contribution < -0.4 is 11.1 Å². The quantitative estimate of drug-likeness (QED) is 0.836. The SMILES string of the molecule is CCc1nn(C)cc1Nc1cc(C(N)=S)cc(C)n1. The lowest BCUT2D eigenvalue weighted by molar-refractivity contribution is 0.746. The zero-order valence-corrected chi connectivity index (χ0v) is 12.1. The van der Waals surface area contributed by atoms with Gasteiger partial charge in [-0.25, -0.2) is 4.98 Å². The summed E-state index contributed by atoms with van der Waals surface area (Å²) in [6.07, 6.45) is 2.79. The molecule has 0 saturated heterocycles. The summed E-state index contributed by atoms with van der Waals surface area (Å²) in [5.41, 5.74) is 9.30. The molecule has 2 aromatic rings. The van der Waals surface area contributed by atoms with Crippen LogP contribution in [0.1, 0.15) is 23.9 Å². The molecule has 0 aliphatic carbocycles. The van der Waals surface area contributed by atoms with E-state index in [0.29, 0.717) is 4.99 Å². The molecule has 100 valence electrons. The molecule has 0 bridgehead atoms. The maximum Gasteiger partial charge on any atom is 0.131 e. The molecule has 2 rings (SSSR count). The van der Waals surface area contributed by atoms with Crippen molar-refractivity contribution in [2.75, 3.05) is 5.32 Å². The van der Waals surface area contributed by atoms with E-state index in [2.05, 4.69) is 22.3 Å². The molecule has 6 heteroatoms. The van der Waals surface area contributed by atoms with Gasteiger partial charge < -0.3 is 11.1 Å². The number of anilines is 2. The number of nitrogens with zero attached hydrogens (tertiary/aromatic N) is 3. The standard InChI is InChI=1S/C13H17N5S/c1-4-10-11(7-18(3)17-10)16-12-6-9(13(14)19)5-8(2)15-12/h5-7H,4H2,1-3H3,(H2,14,19)(H,15,16). The fourth-order valence-electron chi connectivity index (χ4n) is 1.91. The monoisotopic (exact) mass is 275 g/mol. The summed E-state index contributed by atoms with van der Waals surface area (Å²) in [6, 6.07) is 3.72. The van der Waals surface area contributed by atoms with Crippen molar-refractivity contribution in [3.05, 3.63) is 35.3 Å². The van der Waals surface area contributed by atoms with Crippen LogP contribution in [-0.2, 0) is 13.5 Å². The maximum atomic E-state index is 5.66. The highest BCUT2D eigenvalue weighted by Crippen LogP contribution is 2.20. The highest BCUT2D eigenvalue weighted by molar-refractivity contribution is 7.80. The fourth-order valence-corrected chi connectivity index (χ4v) is 2.03. The second-order valence-electron chi connectivity index (χ2n) is 4.39. The Morgan fingerprint density at radius 1 is 1.47 bits per heavy atom. The third kappa shape index (κ3) is 3.08. The molecule has 0 aliphatic rings. The van der Waals surface area contributed by atoms with Crippen molar-refractivity contribution in [2.45, 2.75) is 20.3 Å². The molecule has 5 nitrogen and oxygen atoms in total. The Balaban J connectivity index is 2.35. The first-order valence-corrected chi connectivity index (χ1v) is 6.48. The van der Waals surface area contributed by atoms with Crippen LogP contribution in [0.15, 0.2) is 18.3 Å². The summed E-state index contributed by atoms with van der Waals surface area (Å²) in [5.74, 6) is 0.727. The molecular formula is C13H17N5S. The lowest BCUT2D eigenvalue weighted by Crippen LogP contribution is -2.10. The van der Waals surface area contributed by atoms with Crippen molar-refractivity contribution in [1.82, 2.24) is 14.8 Å². The highest BCUT2D eigenvalue weighted by atomic mass is 32.1. The van der Waals surface area contributed by atoms with Gasteiger partial charge >= 0.3 is 0 Å². The van der Waals surface area contributed by atoms with Gasteiger partial charge in [0.25, 0.3) is 0 Å². The summed E-state index contributed by atoms with van der Waals surface area (Å²) in [4.78, 5) is 4.80. The van der Waals surface area contributed by atoms with E-state index in [1.165, 1.54) is 0 Å². The Bertz CT molecular complexity index is 617. The molecule has 0 amide bonds. The van der Waals surface area contributed by atoms with E-state index in [-0.39, 0.29) is 0 Å². The molecule has 19 heavy (non-hydrogen) atoms. The topological polar surface area (TPSA) is 68.8 Å². The van der Waals surface area contributed by atoms with Gasteiger partial charge in [-0.15, -0.1) is 0 Å². The summed E-state index contributed by atoms with van der Waals surface area (Å²) in [6.45, 7) is 3.98. The summed E-state index contributed by atoms with van der Waals surface area (Å²) < 4.78 is 1.78. The number of hydrogen-bond acceptors (Lipinski definition) is 4. The van der Waals surface area contributed by atoms with E-state index in [1.807, 2.05) is 32.3 Å². The van der Waals surface area contributed by atoms with Gasteiger partial charge in [-0.1, -0.05) is 19.1 Å². The highest BCUT2D eigenvalue weighted by Gasteiger charge is 2.08. The van der Waals surface area contributed by atoms with E-state index in [4.69, 9.17) is 18.0 Å². The smallest absolute Gasteiger partial charge is 0.131 e. The number of pyridine rings is 1. The summed E-state index contributed by atoms with van der Waals surface area (Å²) in [5, 5.41) is 7.65. The molecule has 0 fully saturated rings. The first kappa shape index (κ1) is 13.5. The predicted octanol–water partition coefficient (Wildman–Crippen LogP) is 2.06. The molecule has 0 unspecified atom stereocenters. The molecule has 0 aliphatic heterocycles. The first-order chi connectivity index (χ1) is 8.99. The number of rotatable bonds is 4. The molecule has 0 atom stereocenters. The molecular weight excluding hydrogens is 258 g/mol.